The molecule has 6 heteroatoms. The number of hydrogen-bond donors (Lipinski definition) is 2. The highest BCUT2D eigenvalue weighted by Crippen LogP contribution is 2.25. The number of anilines is 2. The van der Waals surface area contributed by atoms with Crippen molar-refractivity contribution in [3.8, 4) is 5.69 Å². The minimum atomic E-state index is -1.11. The van der Waals surface area contributed by atoms with Gasteiger partial charge in [0.05, 0.1) is 16.6 Å². The molecule has 2 heterocycles. The molecule has 2 aromatic heterocycles. The first-order valence-electron chi connectivity index (χ1n) is 8.73. The molecule has 2 aromatic carbocycles. The number of benzene rings is 2. The van der Waals surface area contributed by atoms with Crippen LogP contribution in [0.5, 0.6) is 0 Å². The van der Waals surface area contributed by atoms with E-state index >= 15 is 0 Å². The molecule has 4 rings (SSSR count). The summed E-state index contributed by atoms with van der Waals surface area (Å²) in [5.74, 6) is -0.561. The molecule has 0 amide bonds. The maximum absolute atomic E-state index is 12.8. The van der Waals surface area contributed by atoms with E-state index in [-0.39, 0.29) is 16.4 Å². The molecule has 4 aromatic rings. The molecule has 0 saturated carbocycles. The first-order valence-corrected chi connectivity index (χ1v) is 8.73. The Labute approximate surface area is 160 Å². The monoisotopic (exact) mass is 371 g/mol. The van der Waals surface area contributed by atoms with Gasteiger partial charge in [-0.2, -0.15) is 0 Å². The van der Waals surface area contributed by atoms with Crippen LogP contribution in [0.1, 0.15) is 16.1 Å². The fourth-order valence-corrected chi connectivity index (χ4v) is 3.14. The summed E-state index contributed by atoms with van der Waals surface area (Å²) in [5, 5.41) is 12.9. The zero-order chi connectivity index (χ0) is 19.7. The highest BCUT2D eigenvalue weighted by Gasteiger charge is 2.17. The van der Waals surface area contributed by atoms with Crippen molar-refractivity contribution >= 4 is 28.5 Å². The van der Waals surface area contributed by atoms with E-state index < -0.39 is 5.97 Å². The van der Waals surface area contributed by atoms with Gasteiger partial charge >= 0.3 is 5.97 Å². The molecule has 0 unspecified atom stereocenters. The van der Waals surface area contributed by atoms with Crippen LogP contribution >= 0.6 is 0 Å². The van der Waals surface area contributed by atoms with Gasteiger partial charge in [-0.05, 0) is 37.3 Å². The number of carbonyl (C=O) groups is 1. The van der Waals surface area contributed by atoms with Crippen molar-refractivity contribution < 1.29 is 9.90 Å². The van der Waals surface area contributed by atoms with Gasteiger partial charge in [0, 0.05) is 17.4 Å². The number of pyridine rings is 2. The molecule has 0 bridgehead atoms. The Bertz CT molecular complexity index is 1230. The molecule has 0 radical (unpaired) electrons. The van der Waals surface area contributed by atoms with E-state index in [0.29, 0.717) is 17.2 Å². The summed E-state index contributed by atoms with van der Waals surface area (Å²) >= 11 is 0. The average Bonchev–Trinajstić information content (AvgIpc) is 2.69. The van der Waals surface area contributed by atoms with Crippen molar-refractivity contribution in [1.82, 2.24) is 9.55 Å². The van der Waals surface area contributed by atoms with E-state index in [4.69, 9.17) is 0 Å². The summed E-state index contributed by atoms with van der Waals surface area (Å²) in [6.45, 7) is 1.63. The van der Waals surface area contributed by atoms with Crippen molar-refractivity contribution in [3.05, 3.63) is 94.3 Å². The standard InChI is InChI=1S/C22H17N3O3/c1-14-17(22(27)28)12-18-19(26)13-20(24-15-8-4-2-5-9-15)25(21(18)23-14)16-10-6-3-7-11-16/h2-13,24H,1H3,(H,27,28). The van der Waals surface area contributed by atoms with Gasteiger partial charge in [0.15, 0.2) is 5.43 Å². The van der Waals surface area contributed by atoms with Crippen molar-refractivity contribution in [2.75, 3.05) is 5.32 Å². The van der Waals surface area contributed by atoms with Gasteiger partial charge in [0.1, 0.15) is 11.5 Å². The van der Waals surface area contributed by atoms with Crippen LogP contribution in [0, 0.1) is 6.92 Å². The summed E-state index contributed by atoms with van der Waals surface area (Å²) in [6, 6.07) is 21.9. The Morgan fingerprint density at radius 3 is 2.29 bits per heavy atom. The number of aromatic carboxylic acids is 1. The number of aromatic nitrogens is 2. The van der Waals surface area contributed by atoms with Gasteiger partial charge in [-0.1, -0.05) is 36.4 Å². The first-order chi connectivity index (χ1) is 13.5. The van der Waals surface area contributed by atoms with E-state index in [1.54, 1.807) is 6.92 Å². The average molecular weight is 371 g/mol. The number of hydrogen-bond acceptors (Lipinski definition) is 4. The molecule has 28 heavy (non-hydrogen) atoms. The third-order valence-electron chi connectivity index (χ3n) is 4.47. The van der Waals surface area contributed by atoms with E-state index in [9.17, 15) is 14.7 Å². The number of nitrogens with zero attached hydrogens (tertiary/aromatic N) is 2. The Morgan fingerprint density at radius 1 is 1.00 bits per heavy atom. The number of nitrogens with one attached hydrogen (secondary N) is 1. The van der Waals surface area contributed by atoms with E-state index in [1.807, 2.05) is 65.2 Å². The summed E-state index contributed by atoms with van der Waals surface area (Å²) in [6.07, 6.45) is 0. The fraction of sp³-hybridized carbons (Fsp3) is 0.0455. The van der Waals surface area contributed by atoms with Gasteiger partial charge in [-0.15, -0.1) is 0 Å². The molecule has 0 aliphatic carbocycles. The molecule has 0 aliphatic rings. The van der Waals surface area contributed by atoms with Crippen LogP contribution in [0.4, 0.5) is 11.5 Å². The van der Waals surface area contributed by atoms with Crippen molar-refractivity contribution in [2.45, 2.75) is 6.92 Å². The molecule has 0 saturated heterocycles. The van der Waals surface area contributed by atoms with Crippen LogP contribution in [0.15, 0.2) is 77.6 Å². The van der Waals surface area contributed by atoms with Crippen LogP contribution in [0.25, 0.3) is 16.7 Å². The predicted octanol–water partition coefficient (Wildman–Crippen LogP) is 4.14. The van der Waals surface area contributed by atoms with Gasteiger partial charge in [0.25, 0.3) is 0 Å². The number of aryl methyl sites for hydroxylation is 1. The fourth-order valence-electron chi connectivity index (χ4n) is 3.14. The Balaban J connectivity index is 2.05. The molecule has 0 spiro atoms. The van der Waals surface area contributed by atoms with E-state index in [2.05, 4.69) is 10.3 Å². The SMILES string of the molecule is Cc1nc2c(cc1C(=O)O)c(=O)cc(Nc1ccccc1)n2-c1ccccc1. The smallest absolute Gasteiger partial charge is 0.337 e. The third-order valence-corrected chi connectivity index (χ3v) is 4.47. The maximum Gasteiger partial charge on any atom is 0.337 e. The zero-order valence-corrected chi connectivity index (χ0v) is 15.1. The molecule has 138 valence electrons. The van der Waals surface area contributed by atoms with Gasteiger partial charge in [0.2, 0.25) is 0 Å². The van der Waals surface area contributed by atoms with Crippen molar-refractivity contribution in [2.24, 2.45) is 0 Å². The van der Waals surface area contributed by atoms with Crippen LogP contribution in [0.2, 0.25) is 0 Å². The van der Waals surface area contributed by atoms with Gasteiger partial charge in [-0.25, -0.2) is 9.78 Å². The van der Waals surface area contributed by atoms with Gasteiger partial charge < -0.3 is 10.4 Å². The number of rotatable bonds is 4. The first kappa shape index (κ1) is 17.5. The second kappa shape index (κ2) is 7.00. The number of fused-ring (bicyclic) bond motifs is 1. The number of carboxylic acid groups (broad SMARTS) is 1. The molecule has 0 aliphatic heterocycles. The van der Waals surface area contributed by atoms with E-state index in [1.165, 1.54) is 12.1 Å². The van der Waals surface area contributed by atoms with E-state index in [0.717, 1.165) is 11.4 Å². The topological polar surface area (TPSA) is 84.2 Å². The molecule has 2 N–H and O–H groups in total. The van der Waals surface area contributed by atoms with Crippen LogP contribution < -0.4 is 10.7 Å². The predicted molar refractivity (Wildman–Crippen MR) is 109 cm³/mol. The number of carboxylic acids is 1. The minimum absolute atomic E-state index is 0.0213. The largest absolute Gasteiger partial charge is 0.478 e. The lowest BCUT2D eigenvalue weighted by Gasteiger charge is -2.18. The van der Waals surface area contributed by atoms with Crippen LogP contribution in [-0.4, -0.2) is 20.6 Å². The van der Waals surface area contributed by atoms with Crippen molar-refractivity contribution in [3.63, 3.8) is 0 Å². The summed E-state index contributed by atoms with van der Waals surface area (Å²) in [4.78, 5) is 28.7. The molecule has 0 fully saturated rings. The quantitative estimate of drug-likeness (QED) is 0.563. The van der Waals surface area contributed by atoms with Crippen LogP contribution in [0.3, 0.4) is 0 Å². The Morgan fingerprint density at radius 2 is 1.64 bits per heavy atom. The lowest BCUT2D eigenvalue weighted by atomic mass is 10.1. The molecular formula is C22H17N3O3. The summed E-state index contributed by atoms with van der Waals surface area (Å²) in [7, 11) is 0. The Kier molecular flexibility index (Phi) is 4.37. The van der Waals surface area contributed by atoms with Crippen molar-refractivity contribution in [1.29, 1.82) is 0 Å². The summed E-state index contributed by atoms with van der Waals surface area (Å²) in [5.41, 5.74) is 2.11. The lowest BCUT2D eigenvalue weighted by molar-refractivity contribution is 0.0696. The Hall–Kier alpha value is -3.93. The highest BCUT2D eigenvalue weighted by atomic mass is 16.4. The van der Waals surface area contributed by atoms with Gasteiger partial charge in [-0.3, -0.25) is 9.36 Å². The number of para-hydroxylation sites is 2. The molecule has 6 nitrogen and oxygen atoms in total. The molecular weight excluding hydrogens is 354 g/mol. The zero-order valence-electron chi connectivity index (χ0n) is 15.1. The van der Waals surface area contributed by atoms with Crippen LogP contribution in [-0.2, 0) is 0 Å². The highest BCUT2D eigenvalue weighted by molar-refractivity contribution is 5.94. The second-order valence-corrected chi connectivity index (χ2v) is 6.35. The summed E-state index contributed by atoms with van der Waals surface area (Å²) < 4.78 is 1.82. The third kappa shape index (κ3) is 3.12. The lowest BCUT2D eigenvalue weighted by Crippen LogP contribution is -2.15. The molecule has 0 atom stereocenters. The second-order valence-electron chi connectivity index (χ2n) is 6.35. The minimum Gasteiger partial charge on any atom is -0.478 e. The normalized spacial score (nSPS) is 10.8. The maximum atomic E-state index is 12.8.